The van der Waals surface area contributed by atoms with Gasteiger partial charge in [-0.05, 0) is 55.2 Å². The Morgan fingerprint density at radius 2 is 1.95 bits per heavy atom. The van der Waals surface area contributed by atoms with Gasteiger partial charge in [0.2, 0.25) is 0 Å². The Labute approximate surface area is 124 Å². The van der Waals surface area contributed by atoms with Gasteiger partial charge in [0.05, 0.1) is 0 Å². The van der Waals surface area contributed by atoms with E-state index in [1.807, 2.05) is 6.92 Å². The van der Waals surface area contributed by atoms with Crippen LogP contribution in [0.4, 0.5) is 4.39 Å². The van der Waals surface area contributed by atoms with Crippen LogP contribution in [0.5, 0.6) is 0 Å². The van der Waals surface area contributed by atoms with E-state index in [4.69, 9.17) is 0 Å². The van der Waals surface area contributed by atoms with Gasteiger partial charge in [-0.2, -0.15) is 0 Å². The van der Waals surface area contributed by atoms with Crippen LogP contribution in [0.25, 0.3) is 0 Å². The predicted octanol–water partition coefficient (Wildman–Crippen LogP) is 6.52. The maximum absolute atomic E-state index is 14.1. The number of allylic oxidation sites excluding steroid dienone is 8. The summed E-state index contributed by atoms with van der Waals surface area (Å²) in [4.78, 5) is 0. The van der Waals surface area contributed by atoms with Crippen LogP contribution >= 0.6 is 0 Å². The Balaban J connectivity index is 3.12. The normalized spacial score (nSPS) is 18.1. The van der Waals surface area contributed by atoms with E-state index in [0.29, 0.717) is 12.3 Å². The average molecular weight is 276 g/mol. The first kappa shape index (κ1) is 16.9. The van der Waals surface area contributed by atoms with Gasteiger partial charge in [0.15, 0.2) is 0 Å². The SMILES string of the molecule is C/C=C\C(CC1=CCCC(F)=C1C(C)C)=C(/C)C(C)C. The fourth-order valence-electron chi connectivity index (χ4n) is 2.75. The molecule has 0 N–H and O–H groups in total. The van der Waals surface area contributed by atoms with Crippen molar-refractivity contribution in [2.24, 2.45) is 11.8 Å². The van der Waals surface area contributed by atoms with Crippen LogP contribution < -0.4 is 0 Å². The lowest BCUT2D eigenvalue weighted by Gasteiger charge is -2.23. The van der Waals surface area contributed by atoms with Crippen molar-refractivity contribution < 1.29 is 4.39 Å². The molecule has 0 atom stereocenters. The molecule has 0 heterocycles. The molecule has 0 aromatic heterocycles. The lowest BCUT2D eigenvalue weighted by atomic mass is 9.83. The largest absolute Gasteiger partial charge is 0.211 e. The van der Waals surface area contributed by atoms with E-state index in [-0.39, 0.29) is 11.7 Å². The summed E-state index contributed by atoms with van der Waals surface area (Å²) >= 11 is 0. The van der Waals surface area contributed by atoms with Gasteiger partial charge in [-0.3, -0.25) is 0 Å². The van der Waals surface area contributed by atoms with E-state index < -0.39 is 0 Å². The van der Waals surface area contributed by atoms with E-state index in [0.717, 1.165) is 18.4 Å². The van der Waals surface area contributed by atoms with Crippen LogP contribution in [0, 0.1) is 11.8 Å². The molecule has 20 heavy (non-hydrogen) atoms. The third-order valence-electron chi connectivity index (χ3n) is 4.09. The second-order valence-electron chi connectivity index (χ2n) is 6.28. The first-order valence-electron chi connectivity index (χ1n) is 7.78. The molecule has 1 aliphatic carbocycles. The highest BCUT2D eigenvalue weighted by Crippen LogP contribution is 2.36. The van der Waals surface area contributed by atoms with Crippen LogP contribution in [0.2, 0.25) is 0 Å². The summed E-state index contributed by atoms with van der Waals surface area (Å²) in [7, 11) is 0. The Hall–Kier alpha value is -1.11. The Morgan fingerprint density at radius 1 is 1.30 bits per heavy atom. The van der Waals surface area contributed by atoms with Crippen LogP contribution in [0.1, 0.15) is 60.8 Å². The van der Waals surface area contributed by atoms with Gasteiger partial charge in [-0.15, -0.1) is 0 Å². The molecule has 0 spiro atoms. The molecule has 0 aliphatic heterocycles. The third-order valence-corrected chi connectivity index (χ3v) is 4.09. The molecule has 0 amide bonds. The highest BCUT2D eigenvalue weighted by atomic mass is 19.1. The molecule has 0 nitrogen and oxygen atoms in total. The summed E-state index contributed by atoms with van der Waals surface area (Å²) in [5.41, 5.74) is 4.87. The van der Waals surface area contributed by atoms with Crippen molar-refractivity contribution in [1.82, 2.24) is 0 Å². The highest BCUT2D eigenvalue weighted by Gasteiger charge is 2.20. The van der Waals surface area contributed by atoms with Crippen molar-refractivity contribution in [1.29, 1.82) is 0 Å². The predicted molar refractivity (Wildman–Crippen MR) is 87.3 cm³/mol. The van der Waals surface area contributed by atoms with Gasteiger partial charge in [0.25, 0.3) is 0 Å². The Kier molecular flexibility index (Phi) is 6.45. The first-order valence-corrected chi connectivity index (χ1v) is 7.78. The summed E-state index contributed by atoms with van der Waals surface area (Å²) in [5, 5.41) is 0. The van der Waals surface area contributed by atoms with Gasteiger partial charge >= 0.3 is 0 Å². The van der Waals surface area contributed by atoms with Gasteiger partial charge in [-0.1, -0.05) is 51.5 Å². The van der Waals surface area contributed by atoms with Crippen molar-refractivity contribution in [3.05, 3.63) is 46.3 Å². The van der Waals surface area contributed by atoms with Crippen LogP contribution in [-0.2, 0) is 0 Å². The number of rotatable bonds is 5. The van der Waals surface area contributed by atoms with Crippen molar-refractivity contribution in [3.63, 3.8) is 0 Å². The van der Waals surface area contributed by atoms with E-state index in [2.05, 4.69) is 52.8 Å². The second kappa shape index (κ2) is 7.61. The first-order chi connectivity index (χ1) is 9.38. The van der Waals surface area contributed by atoms with Crippen molar-refractivity contribution in [2.75, 3.05) is 0 Å². The van der Waals surface area contributed by atoms with E-state index in [9.17, 15) is 4.39 Å². The lowest BCUT2D eigenvalue weighted by molar-refractivity contribution is 0.547. The molecule has 112 valence electrons. The average Bonchev–Trinajstić information content (AvgIpc) is 2.36. The molecular formula is C19H29F. The zero-order chi connectivity index (χ0) is 15.3. The molecule has 0 saturated heterocycles. The molecule has 0 unspecified atom stereocenters. The maximum atomic E-state index is 14.1. The molecular weight excluding hydrogens is 247 g/mol. The molecule has 1 aliphatic rings. The molecule has 0 radical (unpaired) electrons. The number of halogens is 1. The van der Waals surface area contributed by atoms with Gasteiger partial charge in [0.1, 0.15) is 5.83 Å². The standard InChI is InChI=1S/C19H29F/c1-7-9-16(15(6)13(2)3)12-17-10-8-11-18(20)19(17)14(4)5/h7,9-10,13-14H,8,11-12H2,1-6H3/b9-7-,16-15-. The van der Waals surface area contributed by atoms with Crippen LogP contribution in [0.15, 0.2) is 46.3 Å². The minimum atomic E-state index is 0.0968. The molecule has 0 fully saturated rings. The van der Waals surface area contributed by atoms with E-state index >= 15 is 0 Å². The van der Waals surface area contributed by atoms with Crippen LogP contribution in [0.3, 0.4) is 0 Å². The summed E-state index contributed by atoms with van der Waals surface area (Å²) in [5.74, 6) is 0.883. The zero-order valence-corrected chi connectivity index (χ0v) is 13.9. The van der Waals surface area contributed by atoms with Gasteiger partial charge in [-0.25, -0.2) is 4.39 Å². The Morgan fingerprint density at radius 3 is 2.45 bits per heavy atom. The minimum absolute atomic E-state index is 0.0968. The van der Waals surface area contributed by atoms with Gasteiger partial charge in [0, 0.05) is 6.42 Å². The van der Waals surface area contributed by atoms with Crippen molar-refractivity contribution in [2.45, 2.75) is 60.8 Å². The lowest BCUT2D eigenvalue weighted by Crippen LogP contribution is -2.07. The molecule has 0 saturated carbocycles. The molecule has 0 bridgehead atoms. The number of hydrogen-bond acceptors (Lipinski definition) is 0. The molecule has 0 aromatic rings. The maximum Gasteiger partial charge on any atom is 0.104 e. The fourth-order valence-corrected chi connectivity index (χ4v) is 2.75. The summed E-state index contributed by atoms with van der Waals surface area (Å²) in [6.45, 7) is 12.8. The van der Waals surface area contributed by atoms with Crippen molar-refractivity contribution in [3.8, 4) is 0 Å². The van der Waals surface area contributed by atoms with Gasteiger partial charge < -0.3 is 0 Å². The summed E-state index contributed by atoms with van der Waals surface area (Å²) < 4.78 is 14.1. The number of hydrogen-bond donors (Lipinski definition) is 0. The smallest absolute Gasteiger partial charge is 0.104 e. The Bertz CT molecular complexity index is 456. The fraction of sp³-hybridized carbons (Fsp3) is 0.579. The summed E-state index contributed by atoms with van der Waals surface area (Å²) in [6.07, 6.45) is 8.76. The quantitative estimate of drug-likeness (QED) is 0.501. The zero-order valence-electron chi connectivity index (χ0n) is 13.9. The minimum Gasteiger partial charge on any atom is -0.211 e. The molecule has 0 aromatic carbocycles. The topological polar surface area (TPSA) is 0 Å². The van der Waals surface area contributed by atoms with Crippen molar-refractivity contribution >= 4 is 0 Å². The third kappa shape index (κ3) is 4.19. The monoisotopic (exact) mass is 276 g/mol. The second-order valence-corrected chi connectivity index (χ2v) is 6.28. The molecule has 1 rings (SSSR count). The molecule has 1 heteroatoms. The highest BCUT2D eigenvalue weighted by molar-refractivity contribution is 5.43. The van der Waals surface area contributed by atoms with Crippen LogP contribution in [-0.4, -0.2) is 0 Å². The van der Waals surface area contributed by atoms with E-state index in [1.165, 1.54) is 16.7 Å². The van der Waals surface area contributed by atoms with E-state index in [1.54, 1.807) is 0 Å². The summed E-state index contributed by atoms with van der Waals surface area (Å²) in [6, 6.07) is 0.